The number of hydrogen-bond donors (Lipinski definition) is 1. The van der Waals surface area contributed by atoms with Gasteiger partial charge in [-0.05, 0) is 29.9 Å². The van der Waals surface area contributed by atoms with E-state index in [9.17, 15) is 4.39 Å². The predicted molar refractivity (Wildman–Crippen MR) is 73.2 cm³/mol. The number of imidazole rings is 1. The number of benzene rings is 1. The third kappa shape index (κ3) is 2.89. The van der Waals surface area contributed by atoms with Crippen molar-refractivity contribution >= 4 is 11.0 Å². The Morgan fingerprint density at radius 3 is 2.61 bits per heavy atom. The molecule has 0 radical (unpaired) electrons. The van der Waals surface area contributed by atoms with Crippen molar-refractivity contribution in [3.63, 3.8) is 0 Å². The van der Waals surface area contributed by atoms with E-state index in [4.69, 9.17) is 0 Å². The summed E-state index contributed by atoms with van der Waals surface area (Å²) in [4.78, 5) is 7.68. The molecule has 0 bridgehead atoms. The van der Waals surface area contributed by atoms with Crippen molar-refractivity contribution in [3.8, 4) is 0 Å². The van der Waals surface area contributed by atoms with Crippen LogP contribution >= 0.6 is 0 Å². The van der Waals surface area contributed by atoms with Crippen LogP contribution in [0.3, 0.4) is 0 Å². The van der Waals surface area contributed by atoms with Gasteiger partial charge in [0.15, 0.2) is 0 Å². The second-order valence-corrected chi connectivity index (χ2v) is 6.13. The Bertz CT molecular complexity index is 549. The van der Waals surface area contributed by atoms with E-state index in [1.165, 1.54) is 0 Å². The van der Waals surface area contributed by atoms with Gasteiger partial charge in [-0.3, -0.25) is 0 Å². The average molecular weight is 248 g/mol. The molecule has 0 aliphatic carbocycles. The molecule has 18 heavy (non-hydrogen) atoms. The van der Waals surface area contributed by atoms with Gasteiger partial charge in [-0.15, -0.1) is 0 Å². The highest BCUT2D eigenvalue weighted by Gasteiger charge is 2.16. The SMILES string of the molecule is CCCc1nc2cc(F)c(CC(C)(C)C)cc2[nH]1. The first-order chi connectivity index (χ1) is 8.39. The fourth-order valence-electron chi connectivity index (χ4n) is 2.19. The molecular formula is C15H21FN2. The normalized spacial score (nSPS) is 12.3. The first-order valence-electron chi connectivity index (χ1n) is 6.56. The van der Waals surface area contributed by atoms with Crippen LogP contribution in [0.1, 0.15) is 45.5 Å². The molecule has 98 valence electrons. The summed E-state index contributed by atoms with van der Waals surface area (Å²) >= 11 is 0. The Morgan fingerprint density at radius 2 is 2.00 bits per heavy atom. The van der Waals surface area contributed by atoms with Crippen molar-refractivity contribution in [2.75, 3.05) is 0 Å². The number of halogens is 1. The van der Waals surface area contributed by atoms with E-state index >= 15 is 0 Å². The molecule has 0 aliphatic heterocycles. The van der Waals surface area contributed by atoms with Gasteiger partial charge in [-0.25, -0.2) is 9.37 Å². The Balaban J connectivity index is 2.41. The van der Waals surface area contributed by atoms with E-state index in [1.54, 1.807) is 6.07 Å². The number of fused-ring (bicyclic) bond motifs is 1. The summed E-state index contributed by atoms with van der Waals surface area (Å²) in [5.74, 6) is 0.798. The highest BCUT2D eigenvalue weighted by Crippen LogP contribution is 2.25. The van der Waals surface area contributed by atoms with Crippen molar-refractivity contribution in [2.24, 2.45) is 5.41 Å². The van der Waals surface area contributed by atoms with Crippen molar-refractivity contribution < 1.29 is 4.39 Å². The zero-order chi connectivity index (χ0) is 13.3. The molecular weight excluding hydrogens is 227 g/mol. The molecule has 1 aromatic heterocycles. The lowest BCUT2D eigenvalue weighted by Crippen LogP contribution is -2.10. The van der Waals surface area contributed by atoms with Crippen molar-refractivity contribution in [2.45, 2.75) is 47.0 Å². The zero-order valence-electron chi connectivity index (χ0n) is 11.6. The van der Waals surface area contributed by atoms with E-state index in [0.717, 1.165) is 41.7 Å². The number of H-pyrrole nitrogens is 1. The Morgan fingerprint density at radius 1 is 1.28 bits per heavy atom. The lowest BCUT2D eigenvalue weighted by atomic mass is 9.88. The molecule has 0 amide bonds. The van der Waals surface area contributed by atoms with E-state index in [2.05, 4.69) is 37.7 Å². The lowest BCUT2D eigenvalue weighted by molar-refractivity contribution is 0.402. The Kier molecular flexibility index (Phi) is 3.42. The molecule has 0 atom stereocenters. The number of hydrogen-bond acceptors (Lipinski definition) is 1. The van der Waals surface area contributed by atoms with Crippen molar-refractivity contribution in [1.82, 2.24) is 9.97 Å². The van der Waals surface area contributed by atoms with Gasteiger partial charge < -0.3 is 4.98 Å². The Labute approximate surface area is 108 Å². The molecule has 2 aromatic rings. The molecule has 0 spiro atoms. The van der Waals surface area contributed by atoms with Crippen LogP contribution in [-0.4, -0.2) is 9.97 Å². The highest BCUT2D eigenvalue weighted by atomic mass is 19.1. The second kappa shape index (κ2) is 4.71. The van der Waals surface area contributed by atoms with Gasteiger partial charge in [-0.1, -0.05) is 27.7 Å². The number of nitrogens with zero attached hydrogens (tertiary/aromatic N) is 1. The van der Waals surface area contributed by atoms with Gasteiger partial charge >= 0.3 is 0 Å². The summed E-state index contributed by atoms with van der Waals surface area (Å²) in [6, 6.07) is 3.45. The smallest absolute Gasteiger partial charge is 0.128 e. The van der Waals surface area contributed by atoms with Crippen LogP contribution in [0.25, 0.3) is 11.0 Å². The molecule has 3 heteroatoms. The van der Waals surface area contributed by atoms with Gasteiger partial charge in [0.25, 0.3) is 0 Å². The quantitative estimate of drug-likeness (QED) is 0.864. The summed E-state index contributed by atoms with van der Waals surface area (Å²) in [6.45, 7) is 8.46. The van der Waals surface area contributed by atoms with Crippen LogP contribution in [-0.2, 0) is 12.8 Å². The molecule has 0 fully saturated rings. The molecule has 2 nitrogen and oxygen atoms in total. The summed E-state index contributed by atoms with van der Waals surface area (Å²) in [6.07, 6.45) is 2.68. The van der Waals surface area contributed by atoms with Crippen LogP contribution in [0.15, 0.2) is 12.1 Å². The minimum absolute atomic E-state index is 0.0841. The van der Waals surface area contributed by atoms with Crippen LogP contribution < -0.4 is 0 Å². The molecule has 1 N–H and O–H groups in total. The number of nitrogens with one attached hydrogen (secondary N) is 1. The summed E-state index contributed by atoms with van der Waals surface area (Å²) in [5, 5.41) is 0. The number of aromatic amines is 1. The standard InChI is InChI=1S/C15H21FN2/c1-5-6-14-17-12-7-10(9-15(2,3)4)11(16)8-13(12)18-14/h7-8H,5-6,9H2,1-4H3,(H,17,18). The molecule has 1 aromatic carbocycles. The number of aromatic nitrogens is 2. The molecule has 0 aliphatic rings. The van der Waals surface area contributed by atoms with Crippen LogP contribution in [0.4, 0.5) is 4.39 Å². The molecule has 1 heterocycles. The van der Waals surface area contributed by atoms with E-state index in [0.29, 0.717) is 0 Å². The maximum Gasteiger partial charge on any atom is 0.128 e. The summed E-state index contributed by atoms with van der Waals surface area (Å²) in [5.41, 5.74) is 2.52. The number of aryl methyl sites for hydroxylation is 1. The van der Waals surface area contributed by atoms with E-state index in [-0.39, 0.29) is 11.2 Å². The minimum atomic E-state index is -0.146. The zero-order valence-corrected chi connectivity index (χ0v) is 11.6. The minimum Gasteiger partial charge on any atom is -0.342 e. The summed E-state index contributed by atoms with van der Waals surface area (Å²) in [7, 11) is 0. The average Bonchev–Trinajstić information content (AvgIpc) is 2.58. The van der Waals surface area contributed by atoms with Crippen LogP contribution in [0.5, 0.6) is 0 Å². The van der Waals surface area contributed by atoms with Gasteiger partial charge in [0.2, 0.25) is 0 Å². The summed E-state index contributed by atoms with van der Waals surface area (Å²) < 4.78 is 14.0. The maximum atomic E-state index is 14.0. The first kappa shape index (κ1) is 13.1. The van der Waals surface area contributed by atoms with Gasteiger partial charge in [0.05, 0.1) is 11.0 Å². The monoisotopic (exact) mass is 248 g/mol. The van der Waals surface area contributed by atoms with Crippen molar-refractivity contribution in [3.05, 3.63) is 29.3 Å². The molecule has 0 saturated heterocycles. The first-order valence-corrected chi connectivity index (χ1v) is 6.56. The fraction of sp³-hybridized carbons (Fsp3) is 0.533. The lowest BCUT2D eigenvalue weighted by Gasteiger charge is -2.18. The van der Waals surface area contributed by atoms with Gasteiger partial charge in [0.1, 0.15) is 11.6 Å². The van der Waals surface area contributed by atoms with Crippen molar-refractivity contribution in [1.29, 1.82) is 0 Å². The number of rotatable bonds is 3. The molecule has 0 saturated carbocycles. The second-order valence-electron chi connectivity index (χ2n) is 6.13. The molecule has 0 unspecified atom stereocenters. The largest absolute Gasteiger partial charge is 0.342 e. The van der Waals surface area contributed by atoms with Crippen LogP contribution in [0.2, 0.25) is 0 Å². The van der Waals surface area contributed by atoms with E-state index in [1.807, 2.05) is 6.07 Å². The highest BCUT2D eigenvalue weighted by molar-refractivity contribution is 5.76. The van der Waals surface area contributed by atoms with Gasteiger partial charge in [-0.2, -0.15) is 0 Å². The third-order valence-electron chi connectivity index (χ3n) is 2.91. The molecule has 2 rings (SSSR count). The Hall–Kier alpha value is -1.38. The van der Waals surface area contributed by atoms with Crippen LogP contribution in [0, 0.1) is 11.2 Å². The predicted octanol–water partition coefficient (Wildman–Crippen LogP) is 4.24. The van der Waals surface area contributed by atoms with E-state index < -0.39 is 0 Å². The topological polar surface area (TPSA) is 28.7 Å². The maximum absolute atomic E-state index is 14.0. The fourth-order valence-corrected chi connectivity index (χ4v) is 2.19. The third-order valence-corrected chi connectivity index (χ3v) is 2.91. The van der Waals surface area contributed by atoms with Gasteiger partial charge in [0, 0.05) is 12.5 Å².